The maximum atomic E-state index is 11.0. The van der Waals surface area contributed by atoms with Gasteiger partial charge in [-0.2, -0.15) is 5.10 Å². The molecule has 2 aromatic heterocycles. The number of amides is 1. The molecule has 0 saturated carbocycles. The topological polar surface area (TPSA) is 73.8 Å². The molecule has 0 atom stereocenters. The van der Waals surface area contributed by atoms with Crippen LogP contribution < -0.4 is 5.73 Å². The highest BCUT2D eigenvalue weighted by Crippen LogP contribution is 2.26. The summed E-state index contributed by atoms with van der Waals surface area (Å²) in [6.45, 7) is 2.01. The van der Waals surface area contributed by atoms with E-state index < -0.39 is 5.91 Å². The molecule has 0 aliphatic heterocycles. The summed E-state index contributed by atoms with van der Waals surface area (Å²) < 4.78 is 1.57. The highest BCUT2D eigenvalue weighted by Gasteiger charge is 2.07. The average molecular weight is 310 g/mol. The molecule has 6 heteroatoms. The molecule has 0 spiro atoms. The molecule has 0 aliphatic rings. The Morgan fingerprint density at radius 2 is 2.05 bits per heavy atom. The van der Waals surface area contributed by atoms with Crippen molar-refractivity contribution in [1.82, 2.24) is 14.8 Å². The van der Waals surface area contributed by atoms with Gasteiger partial charge in [0.1, 0.15) is 5.03 Å². The van der Waals surface area contributed by atoms with Crippen molar-refractivity contribution in [2.45, 2.75) is 6.92 Å². The lowest BCUT2D eigenvalue weighted by atomic mass is 10.0. The van der Waals surface area contributed by atoms with Gasteiger partial charge in [0.15, 0.2) is 0 Å². The molecule has 1 amide bonds. The highest BCUT2D eigenvalue weighted by molar-refractivity contribution is 7.90. The first kappa shape index (κ1) is 14.3. The van der Waals surface area contributed by atoms with Crippen LogP contribution in [0.1, 0.15) is 5.56 Å². The van der Waals surface area contributed by atoms with Crippen molar-refractivity contribution in [2.75, 3.05) is 0 Å². The van der Waals surface area contributed by atoms with Gasteiger partial charge in [-0.25, -0.2) is 4.68 Å². The summed E-state index contributed by atoms with van der Waals surface area (Å²) in [6, 6.07) is 8.03. The van der Waals surface area contributed by atoms with Gasteiger partial charge in [0.2, 0.25) is 5.91 Å². The minimum Gasteiger partial charge on any atom is -0.366 e. The Kier molecular flexibility index (Phi) is 3.68. The summed E-state index contributed by atoms with van der Waals surface area (Å²) in [5.74, 6) is -0.559. The van der Waals surface area contributed by atoms with Crippen molar-refractivity contribution in [3.05, 3.63) is 54.5 Å². The Hall–Kier alpha value is -2.60. The molecular weight excluding hydrogens is 296 g/mol. The van der Waals surface area contributed by atoms with Gasteiger partial charge >= 0.3 is 0 Å². The Labute approximate surface area is 132 Å². The first-order chi connectivity index (χ1) is 10.5. The second kappa shape index (κ2) is 5.65. The molecule has 2 N–H and O–H groups in total. The standard InChI is InChI=1S/C16H14N4OS/c1-10-4-12(8-18-7-10)11-2-3-14-13(5-11)9-19-20(14)16(22)6-15(17)21/h2-9,22H,1H3,(H2,17,21)/b16-6-. The zero-order chi connectivity index (χ0) is 15.7. The van der Waals surface area contributed by atoms with Crippen LogP contribution in [0.15, 0.2) is 48.9 Å². The maximum Gasteiger partial charge on any atom is 0.244 e. The number of nitrogens with zero attached hydrogens (tertiary/aromatic N) is 3. The quantitative estimate of drug-likeness (QED) is 0.577. The van der Waals surface area contributed by atoms with Crippen molar-refractivity contribution in [2.24, 2.45) is 5.73 Å². The van der Waals surface area contributed by atoms with Gasteiger partial charge in [-0.05, 0) is 36.2 Å². The average Bonchev–Trinajstić information content (AvgIpc) is 2.89. The molecule has 0 fully saturated rings. The van der Waals surface area contributed by atoms with Gasteiger partial charge in [-0.1, -0.05) is 6.07 Å². The van der Waals surface area contributed by atoms with E-state index in [9.17, 15) is 4.79 Å². The van der Waals surface area contributed by atoms with Crippen molar-refractivity contribution >= 4 is 34.5 Å². The van der Waals surface area contributed by atoms with Gasteiger partial charge in [-0.15, -0.1) is 12.6 Å². The lowest BCUT2D eigenvalue weighted by Gasteiger charge is -2.05. The Bertz CT molecular complexity index is 898. The molecule has 22 heavy (non-hydrogen) atoms. The third-order valence-electron chi connectivity index (χ3n) is 3.26. The molecule has 110 valence electrons. The summed E-state index contributed by atoms with van der Waals surface area (Å²) >= 11 is 4.26. The zero-order valence-corrected chi connectivity index (χ0v) is 12.8. The molecule has 3 aromatic rings. The summed E-state index contributed by atoms with van der Waals surface area (Å²) in [5.41, 5.74) is 9.21. The molecule has 1 aromatic carbocycles. The fourth-order valence-electron chi connectivity index (χ4n) is 2.30. The normalized spacial score (nSPS) is 11.8. The molecule has 0 aliphatic carbocycles. The smallest absolute Gasteiger partial charge is 0.244 e. The van der Waals surface area contributed by atoms with Crippen molar-refractivity contribution in [3.63, 3.8) is 0 Å². The highest BCUT2D eigenvalue weighted by atomic mass is 32.1. The number of aromatic nitrogens is 3. The van der Waals surface area contributed by atoms with E-state index in [4.69, 9.17) is 5.73 Å². The lowest BCUT2D eigenvalue weighted by molar-refractivity contribution is -0.113. The summed E-state index contributed by atoms with van der Waals surface area (Å²) in [7, 11) is 0. The van der Waals surface area contributed by atoms with Crippen LogP contribution in [-0.4, -0.2) is 20.7 Å². The summed E-state index contributed by atoms with van der Waals surface area (Å²) in [5, 5.41) is 5.58. The van der Waals surface area contributed by atoms with E-state index in [1.54, 1.807) is 10.9 Å². The van der Waals surface area contributed by atoms with E-state index in [-0.39, 0.29) is 0 Å². The maximum absolute atomic E-state index is 11.0. The lowest BCUT2D eigenvalue weighted by Crippen LogP contribution is -2.08. The number of aryl methyl sites for hydroxylation is 1. The van der Waals surface area contributed by atoms with Crippen LogP contribution in [0.25, 0.3) is 27.1 Å². The van der Waals surface area contributed by atoms with E-state index >= 15 is 0 Å². The van der Waals surface area contributed by atoms with Crippen LogP contribution in [0.5, 0.6) is 0 Å². The number of benzene rings is 1. The molecule has 0 saturated heterocycles. The molecule has 0 unspecified atom stereocenters. The SMILES string of the molecule is Cc1cncc(-c2ccc3c(cnn3/C(S)=C/C(N)=O)c2)c1. The van der Waals surface area contributed by atoms with E-state index in [2.05, 4.69) is 28.8 Å². The molecule has 2 heterocycles. The largest absolute Gasteiger partial charge is 0.366 e. The second-order valence-corrected chi connectivity index (χ2v) is 5.44. The van der Waals surface area contributed by atoms with Crippen molar-refractivity contribution in [1.29, 1.82) is 0 Å². The van der Waals surface area contributed by atoms with E-state index in [0.29, 0.717) is 5.03 Å². The molecule has 0 radical (unpaired) electrons. The van der Waals surface area contributed by atoms with Crippen molar-refractivity contribution in [3.8, 4) is 11.1 Å². The van der Waals surface area contributed by atoms with Gasteiger partial charge in [0.05, 0.1) is 11.7 Å². The zero-order valence-electron chi connectivity index (χ0n) is 11.9. The Balaban J connectivity index is 2.08. The second-order valence-electron chi connectivity index (χ2n) is 4.99. The van der Waals surface area contributed by atoms with E-state index in [1.807, 2.05) is 37.5 Å². The number of hydrogen-bond acceptors (Lipinski definition) is 4. The fraction of sp³-hybridized carbons (Fsp3) is 0.0625. The first-order valence-electron chi connectivity index (χ1n) is 6.65. The van der Waals surface area contributed by atoms with Crippen LogP contribution >= 0.6 is 12.6 Å². The third kappa shape index (κ3) is 2.73. The van der Waals surface area contributed by atoms with E-state index in [1.165, 1.54) is 6.08 Å². The minimum atomic E-state index is -0.559. The van der Waals surface area contributed by atoms with Gasteiger partial charge in [-0.3, -0.25) is 9.78 Å². The van der Waals surface area contributed by atoms with Gasteiger partial charge in [0.25, 0.3) is 0 Å². The van der Waals surface area contributed by atoms with Crippen LogP contribution in [0.4, 0.5) is 0 Å². The summed E-state index contributed by atoms with van der Waals surface area (Å²) in [4.78, 5) is 15.2. The van der Waals surface area contributed by atoms with E-state index in [0.717, 1.165) is 27.6 Å². The molecule has 0 bridgehead atoms. The molecule has 3 rings (SSSR count). The Morgan fingerprint density at radius 3 is 2.77 bits per heavy atom. The van der Waals surface area contributed by atoms with Crippen LogP contribution in [-0.2, 0) is 4.79 Å². The minimum absolute atomic E-state index is 0.382. The monoisotopic (exact) mass is 310 g/mol. The number of rotatable bonds is 3. The van der Waals surface area contributed by atoms with Crippen LogP contribution in [0, 0.1) is 6.92 Å². The molecule has 5 nitrogen and oxygen atoms in total. The number of fused-ring (bicyclic) bond motifs is 1. The van der Waals surface area contributed by atoms with Crippen LogP contribution in [0.3, 0.4) is 0 Å². The number of carbonyl (C=O) groups is 1. The predicted octanol–water partition coefficient (Wildman–Crippen LogP) is 2.62. The third-order valence-corrected chi connectivity index (χ3v) is 3.58. The first-order valence-corrected chi connectivity index (χ1v) is 7.09. The molecular formula is C16H14N4OS. The number of nitrogens with two attached hydrogens (primary N) is 1. The number of carbonyl (C=O) groups excluding carboxylic acids is 1. The number of hydrogen-bond donors (Lipinski definition) is 2. The summed E-state index contributed by atoms with van der Waals surface area (Å²) in [6.07, 6.45) is 6.61. The predicted molar refractivity (Wildman–Crippen MR) is 90.2 cm³/mol. The number of primary amides is 1. The van der Waals surface area contributed by atoms with Gasteiger partial charge in [0, 0.05) is 29.4 Å². The van der Waals surface area contributed by atoms with Gasteiger partial charge < -0.3 is 5.73 Å². The number of thiol groups is 1. The van der Waals surface area contributed by atoms with Crippen LogP contribution in [0.2, 0.25) is 0 Å². The Morgan fingerprint density at radius 1 is 1.23 bits per heavy atom. The fourth-order valence-corrected chi connectivity index (χ4v) is 2.58. The number of pyridine rings is 1. The van der Waals surface area contributed by atoms with Crippen molar-refractivity contribution < 1.29 is 4.79 Å².